The van der Waals surface area contributed by atoms with Crippen molar-refractivity contribution in [1.82, 2.24) is 5.32 Å². The summed E-state index contributed by atoms with van der Waals surface area (Å²) in [5.74, 6) is 0.376. The zero-order valence-corrected chi connectivity index (χ0v) is 5.46. The van der Waals surface area contributed by atoms with Crippen LogP contribution in [0.2, 0.25) is 0 Å². The summed E-state index contributed by atoms with van der Waals surface area (Å²) in [6.07, 6.45) is 6.36. The van der Waals surface area contributed by atoms with Crippen molar-refractivity contribution in [2.45, 2.75) is 12.5 Å². The molecule has 0 saturated heterocycles. The lowest BCUT2D eigenvalue weighted by atomic mass is 10.1. The first kappa shape index (κ1) is 6.36. The van der Waals surface area contributed by atoms with Gasteiger partial charge in [-0.25, -0.2) is 0 Å². The predicted octanol–water partition coefficient (Wildman–Crippen LogP) is 0.976. The summed E-state index contributed by atoms with van der Waals surface area (Å²) in [7, 11) is 1.91. The van der Waals surface area contributed by atoms with Gasteiger partial charge in [0.1, 0.15) is 5.76 Å². The van der Waals surface area contributed by atoms with Crippen LogP contribution in [0, 0.1) is 0 Å². The molecule has 1 rings (SSSR count). The van der Waals surface area contributed by atoms with Crippen LogP contribution in [0.1, 0.15) is 6.42 Å². The van der Waals surface area contributed by atoms with Crippen molar-refractivity contribution in [2.75, 3.05) is 7.05 Å². The summed E-state index contributed by atoms with van der Waals surface area (Å²) in [5, 5.41) is 12.0. The van der Waals surface area contributed by atoms with Gasteiger partial charge in [-0.15, -0.1) is 0 Å². The third-order valence-corrected chi connectivity index (χ3v) is 1.45. The monoisotopic (exact) mass is 125 g/mol. The zero-order valence-electron chi connectivity index (χ0n) is 5.46. The van der Waals surface area contributed by atoms with Crippen LogP contribution < -0.4 is 5.32 Å². The molecule has 0 bridgehead atoms. The van der Waals surface area contributed by atoms with Crippen LogP contribution in [0.3, 0.4) is 0 Å². The molecule has 0 saturated carbocycles. The van der Waals surface area contributed by atoms with Gasteiger partial charge in [0.2, 0.25) is 0 Å². The Hall–Kier alpha value is -0.760. The van der Waals surface area contributed by atoms with Crippen molar-refractivity contribution in [3.63, 3.8) is 0 Å². The highest BCUT2D eigenvalue weighted by atomic mass is 16.3. The second-order valence-corrected chi connectivity index (χ2v) is 2.12. The van der Waals surface area contributed by atoms with Gasteiger partial charge in [0, 0.05) is 6.04 Å². The van der Waals surface area contributed by atoms with E-state index in [2.05, 4.69) is 5.32 Å². The van der Waals surface area contributed by atoms with Gasteiger partial charge >= 0.3 is 0 Å². The van der Waals surface area contributed by atoms with E-state index in [1.165, 1.54) is 0 Å². The lowest BCUT2D eigenvalue weighted by molar-refractivity contribution is 0.423. The molecule has 2 nitrogen and oxygen atoms in total. The van der Waals surface area contributed by atoms with Crippen molar-refractivity contribution in [1.29, 1.82) is 0 Å². The van der Waals surface area contributed by atoms with E-state index in [1.807, 2.05) is 13.1 Å². The molecular weight excluding hydrogens is 114 g/mol. The second-order valence-electron chi connectivity index (χ2n) is 2.12. The summed E-state index contributed by atoms with van der Waals surface area (Å²) in [4.78, 5) is 0. The fourth-order valence-corrected chi connectivity index (χ4v) is 0.823. The van der Waals surface area contributed by atoms with Crippen molar-refractivity contribution in [3.8, 4) is 0 Å². The van der Waals surface area contributed by atoms with Crippen molar-refractivity contribution < 1.29 is 5.11 Å². The molecule has 1 aliphatic rings. The third-order valence-electron chi connectivity index (χ3n) is 1.45. The van der Waals surface area contributed by atoms with Crippen LogP contribution in [0.25, 0.3) is 0 Å². The van der Waals surface area contributed by atoms with E-state index in [0.717, 1.165) is 6.42 Å². The van der Waals surface area contributed by atoms with E-state index >= 15 is 0 Å². The Balaban J connectivity index is 2.48. The predicted molar refractivity (Wildman–Crippen MR) is 37.3 cm³/mol. The highest BCUT2D eigenvalue weighted by Crippen LogP contribution is 2.06. The first-order valence-electron chi connectivity index (χ1n) is 3.07. The van der Waals surface area contributed by atoms with E-state index in [9.17, 15) is 0 Å². The summed E-state index contributed by atoms with van der Waals surface area (Å²) < 4.78 is 0. The Morgan fingerprint density at radius 1 is 1.78 bits per heavy atom. The van der Waals surface area contributed by atoms with Gasteiger partial charge in [-0.3, -0.25) is 0 Å². The molecule has 1 unspecified atom stereocenters. The molecule has 9 heavy (non-hydrogen) atoms. The molecule has 2 N–H and O–H groups in total. The molecule has 0 aromatic rings. The number of hydrogen-bond acceptors (Lipinski definition) is 2. The maximum Gasteiger partial charge on any atom is 0.111 e. The van der Waals surface area contributed by atoms with Crippen LogP contribution in [0.4, 0.5) is 0 Å². The summed E-state index contributed by atoms with van der Waals surface area (Å²) in [6.45, 7) is 0. The second kappa shape index (κ2) is 2.69. The average Bonchev–Trinajstić information content (AvgIpc) is 1.90. The summed E-state index contributed by atoms with van der Waals surface area (Å²) >= 11 is 0. The number of allylic oxidation sites excluding steroid dienone is 1. The topological polar surface area (TPSA) is 32.3 Å². The van der Waals surface area contributed by atoms with Gasteiger partial charge in [0.25, 0.3) is 0 Å². The molecule has 0 aromatic heterocycles. The highest BCUT2D eigenvalue weighted by molar-refractivity contribution is 5.18. The molecule has 0 aromatic carbocycles. The van der Waals surface area contributed by atoms with E-state index in [-0.39, 0.29) is 0 Å². The Kier molecular flexibility index (Phi) is 1.90. The van der Waals surface area contributed by atoms with Crippen LogP contribution in [0.15, 0.2) is 24.0 Å². The number of likely N-dealkylation sites (N-methyl/N-ethyl adjacent to an activating group) is 1. The number of nitrogens with one attached hydrogen (secondary N) is 1. The zero-order chi connectivity index (χ0) is 6.69. The lowest BCUT2D eigenvalue weighted by Crippen LogP contribution is -2.23. The molecule has 2 heteroatoms. The first-order valence-corrected chi connectivity index (χ1v) is 3.07. The van der Waals surface area contributed by atoms with Crippen LogP contribution >= 0.6 is 0 Å². The summed E-state index contributed by atoms with van der Waals surface area (Å²) in [6, 6.07) is 0.404. The minimum absolute atomic E-state index is 0.376. The highest BCUT2D eigenvalue weighted by Gasteiger charge is 2.03. The molecule has 1 atom stereocenters. The minimum Gasteiger partial charge on any atom is -0.508 e. The van der Waals surface area contributed by atoms with Gasteiger partial charge in [-0.2, -0.15) is 0 Å². The molecule has 1 aliphatic carbocycles. The Morgan fingerprint density at radius 2 is 2.56 bits per heavy atom. The van der Waals surface area contributed by atoms with Crippen molar-refractivity contribution in [3.05, 3.63) is 24.0 Å². The average molecular weight is 125 g/mol. The van der Waals surface area contributed by atoms with Crippen molar-refractivity contribution >= 4 is 0 Å². The van der Waals surface area contributed by atoms with E-state index in [1.54, 1.807) is 12.2 Å². The molecule has 0 amide bonds. The first-order chi connectivity index (χ1) is 4.33. The molecular formula is C7H11NO. The van der Waals surface area contributed by atoms with Crippen LogP contribution in [0.5, 0.6) is 0 Å². The van der Waals surface area contributed by atoms with Gasteiger partial charge in [-0.05, 0) is 25.6 Å². The molecule has 50 valence electrons. The number of aliphatic hydroxyl groups excluding tert-OH is 1. The van der Waals surface area contributed by atoms with Gasteiger partial charge < -0.3 is 10.4 Å². The SMILES string of the molecule is CNC1C=CC(O)=CC1. The Labute approximate surface area is 54.9 Å². The maximum atomic E-state index is 8.87. The fraction of sp³-hybridized carbons (Fsp3) is 0.429. The Bertz CT molecular complexity index is 149. The fourth-order valence-electron chi connectivity index (χ4n) is 0.823. The molecule has 0 heterocycles. The largest absolute Gasteiger partial charge is 0.508 e. The molecule has 0 spiro atoms. The Morgan fingerprint density at radius 3 is 3.00 bits per heavy atom. The van der Waals surface area contributed by atoms with E-state index < -0.39 is 0 Å². The molecule has 0 aliphatic heterocycles. The van der Waals surface area contributed by atoms with Gasteiger partial charge in [0.15, 0.2) is 0 Å². The quantitative estimate of drug-likeness (QED) is 0.547. The van der Waals surface area contributed by atoms with Crippen LogP contribution in [-0.4, -0.2) is 18.2 Å². The molecule has 0 radical (unpaired) electrons. The third kappa shape index (κ3) is 1.57. The van der Waals surface area contributed by atoms with Gasteiger partial charge in [-0.1, -0.05) is 6.08 Å². The van der Waals surface area contributed by atoms with Crippen molar-refractivity contribution in [2.24, 2.45) is 0 Å². The maximum absolute atomic E-state index is 8.87. The smallest absolute Gasteiger partial charge is 0.111 e. The molecule has 0 fully saturated rings. The van der Waals surface area contributed by atoms with Crippen LogP contribution in [-0.2, 0) is 0 Å². The van der Waals surface area contributed by atoms with Gasteiger partial charge in [0.05, 0.1) is 0 Å². The number of hydrogen-bond donors (Lipinski definition) is 2. The normalized spacial score (nSPS) is 25.9. The lowest BCUT2D eigenvalue weighted by Gasteiger charge is -2.11. The summed E-state index contributed by atoms with van der Waals surface area (Å²) in [5.41, 5.74) is 0. The number of aliphatic hydroxyl groups is 1. The van der Waals surface area contributed by atoms with E-state index in [0.29, 0.717) is 11.8 Å². The number of rotatable bonds is 1. The minimum atomic E-state index is 0.376. The van der Waals surface area contributed by atoms with E-state index in [4.69, 9.17) is 5.11 Å². The standard InChI is InChI=1S/C7H11NO/c1-8-6-2-4-7(9)5-3-6/h2,4-6,8-9H,3H2,1H3.